The summed E-state index contributed by atoms with van der Waals surface area (Å²) < 4.78 is 13.3. The molecule has 0 heterocycles. The summed E-state index contributed by atoms with van der Waals surface area (Å²) in [5.41, 5.74) is 3.73. The van der Waals surface area contributed by atoms with E-state index in [0.29, 0.717) is 25.1 Å². The van der Waals surface area contributed by atoms with Gasteiger partial charge in [0.05, 0.1) is 6.42 Å². The van der Waals surface area contributed by atoms with Crippen LogP contribution in [0.4, 0.5) is 4.39 Å². The number of amides is 2. The number of halogens is 1. The molecular formula is C27H29FN2O2. The molecule has 0 radical (unpaired) electrons. The van der Waals surface area contributed by atoms with E-state index in [1.165, 1.54) is 12.1 Å². The molecule has 0 unspecified atom stereocenters. The number of hydrogen-bond donors (Lipinski definition) is 1. The molecule has 3 rings (SSSR count). The molecule has 4 nitrogen and oxygen atoms in total. The van der Waals surface area contributed by atoms with Crippen LogP contribution in [0.1, 0.15) is 29.2 Å². The molecule has 5 heteroatoms. The maximum Gasteiger partial charge on any atom is 0.243 e. The first kappa shape index (κ1) is 23.2. The zero-order valence-corrected chi connectivity index (χ0v) is 18.6. The summed E-state index contributed by atoms with van der Waals surface area (Å²) in [5, 5.41) is 2.89. The number of nitrogens with zero attached hydrogens (tertiary/aromatic N) is 1. The van der Waals surface area contributed by atoms with Crippen LogP contribution in [0.2, 0.25) is 0 Å². The van der Waals surface area contributed by atoms with Gasteiger partial charge in [0.25, 0.3) is 0 Å². The Kier molecular flexibility index (Phi) is 8.14. The van der Waals surface area contributed by atoms with Crippen molar-refractivity contribution >= 4 is 11.8 Å². The van der Waals surface area contributed by atoms with Crippen molar-refractivity contribution in [3.63, 3.8) is 0 Å². The molecule has 0 aliphatic rings. The van der Waals surface area contributed by atoms with Crippen LogP contribution in [0.3, 0.4) is 0 Å². The first-order valence-corrected chi connectivity index (χ1v) is 10.9. The van der Waals surface area contributed by atoms with Gasteiger partial charge in [-0.1, -0.05) is 72.3 Å². The summed E-state index contributed by atoms with van der Waals surface area (Å²) in [6.45, 7) is 4.66. The van der Waals surface area contributed by atoms with Gasteiger partial charge >= 0.3 is 0 Å². The van der Waals surface area contributed by atoms with E-state index in [2.05, 4.69) is 5.32 Å². The monoisotopic (exact) mass is 432 g/mol. The molecule has 0 aromatic heterocycles. The minimum absolute atomic E-state index is 0.0940. The molecule has 32 heavy (non-hydrogen) atoms. The quantitative estimate of drug-likeness (QED) is 0.543. The number of nitrogens with one attached hydrogen (secondary N) is 1. The summed E-state index contributed by atoms with van der Waals surface area (Å²) in [5.74, 6) is -0.705. The van der Waals surface area contributed by atoms with Gasteiger partial charge in [-0.25, -0.2) is 4.39 Å². The molecule has 0 aliphatic heterocycles. The average Bonchev–Trinajstić information content (AvgIpc) is 2.78. The van der Waals surface area contributed by atoms with Crippen LogP contribution in [0.5, 0.6) is 0 Å². The summed E-state index contributed by atoms with van der Waals surface area (Å²) in [7, 11) is 0. The predicted octanol–water partition coefficient (Wildman–Crippen LogP) is 4.45. The fourth-order valence-corrected chi connectivity index (χ4v) is 3.73. The minimum Gasteiger partial charge on any atom is -0.355 e. The van der Waals surface area contributed by atoms with Crippen molar-refractivity contribution in [3.8, 4) is 0 Å². The van der Waals surface area contributed by atoms with Crippen LogP contribution in [0.15, 0.2) is 78.9 Å². The second kappa shape index (κ2) is 11.2. The third kappa shape index (κ3) is 6.51. The van der Waals surface area contributed by atoms with Gasteiger partial charge in [0.2, 0.25) is 11.8 Å². The highest BCUT2D eigenvalue weighted by Crippen LogP contribution is 2.17. The summed E-state index contributed by atoms with van der Waals surface area (Å²) in [4.78, 5) is 28.2. The summed E-state index contributed by atoms with van der Waals surface area (Å²) in [6, 6.07) is 22.9. The van der Waals surface area contributed by atoms with E-state index in [9.17, 15) is 14.0 Å². The van der Waals surface area contributed by atoms with Crippen LogP contribution in [-0.4, -0.2) is 29.3 Å². The topological polar surface area (TPSA) is 49.4 Å². The van der Waals surface area contributed by atoms with Gasteiger partial charge in [-0.15, -0.1) is 0 Å². The number of carbonyl (C=O) groups excluding carboxylic acids is 2. The Morgan fingerprint density at radius 2 is 1.59 bits per heavy atom. The number of hydrogen-bond acceptors (Lipinski definition) is 2. The van der Waals surface area contributed by atoms with Crippen LogP contribution in [0.25, 0.3) is 0 Å². The van der Waals surface area contributed by atoms with Gasteiger partial charge in [-0.05, 0) is 42.7 Å². The Morgan fingerprint density at radius 1 is 0.906 bits per heavy atom. The van der Waals surface area contributed by atoms with Gasteiger partial charge < -0.3 is 10.2 Å². The van der Waals surface area contributed by atoms with Crippen LogP contribution < -0.4 is 5.32 Å². The molecular weight excluding hydrogens is 403 g/mol. The highest BCUT2D eigenvalue weighted by molar-refractivity contribution is 5.88. The molecule has 0 saturated heterocycles. The lowest BCUT2D eigenvalue weighted by atomic mass is 10.0. The lowest BCUT2D eigenvalue weighted by Crippen LogP contribution is -2.50. The van der Waals surface area contributed by atoms with Crippen molar-refractivity contribution in [1.29, 1.82) is 0 Å². The number of benzene rings is 3. The SMILES string of the molecule is CCNC(=O)[C@@H](Cc1ccccc1)N(Cc1cccc(C)c1)C(=O)Cc1ccc(F)cc1. The molecule has 1 atom stereocenters. The normalized spacial score (nSPS) is 11.6. The van der Waals surface area contributed by atoms with Crippen LogP contribution >= 0.6 is 0 Å². The lowest BCUT2D eigenvalue weighted by Gasteiger charge is -2.31. The number of aryl methyl sites for hydroxylation is 1. The van der Waals surface area contributed by atoms with E-state index in [4.69, 9.17) is 0 Å². The minimum atomic E-state index is -0.661. The van der Waals surface area contributed by atoms with Gasteiger partial charge in [-0.2, -0.15) is 0 Å². The molecule has 0 spiro atoms. The molecule has 0 fully saturated rings. The zero-order valence-electron chi connectivity index (χ0n) is 18.6. The second-order valence-corrected chi connectivity index (χ2v) is 7.91. The van der Waals surface area contributed by atoms with Crippen molar-refractivity contribution in [3.05, 3.63) is 107 Å². The third-order valence-corrected chi connectivity index (χ3v) is 5.33. The van der Waals surface area contributed by atoms with E-state index in [-0.39, 0.29) is 24.1 Å². The maximum absolute atomic E-state index is 13.5. The van der Waals surface area contributed by atoms with Gasteiger partial charge in [0.1, 0.15) is 11.9 Å². The van der Waals surface area contributed by atoms with Gasteiger partial charge in [-0.3, -0.25) is 9.59 Å². The summed E-state index contributed by atoms with van der Waals surface area (Å²) >= 11 is 0. The number of rotatable bonds is 9. The van der Waals surface area contributed by atoms with E-state index >= 15 is 0 Å². The van der Waals surface area contributed by atoms with Crippen molar-refractivity contribution in [1.82, 2.24) is 10.2 Å². The Labute approximate surface area is 189 Å². The molecule has 2 amide bonds. The van der Waals surface area contributed by atoms with Crippen molar-refractivity contribution < 1.29 is 14.0 Å². The first-order chi connectivity index (χ1) is 15.5. The first-order valence-electron chi connectivity index (χ1n) is 10.9. The zero-order chi connectivity index (χ0) is 22.9. The molecule has 0 bridgehead atoms. The van der Waals surface area contributed by atoms with Gasteiger partial charge in [0.15, 0.2) is 0 Å². The van der Waals surface area contributed by atoms with Crippen LogP contribution in [0, 0.1) is 12.7 Å². The molecule has 3 aromatic rings. The number of carbonyl (C=O) groups is 2. The Bertz CT molecular complexity index is 1040. The fraction of sp³-hybridized carbons (Fsp3) is 0.259. The van der Waals surface area contributed by atoms with E-state index in [1.807, 2.05) is 68.4 Å². The van der Waals surface area contributed by atoms with Crippen molar-refractivity contribution in [2.24, 2.45) is 0 Å². The molecule has 0 aliphatic carbocycles. The van der Waals surface area contributed by atoms with Crippen molar-refractivity contribution in [2.75, 3.05) is 6.54 Å². The third-order valence-electron chi connectivity index (χ3n) is 5.33. The predicted molar refractivity (Wildman–Crippen MR) is 124 cm³/mol. The maximum atomic E-state index is 13.5. The molecule has 166 valence electrons. The van der Waals surface area contributed by atoms with E-state index < -0.39 is 6.04 Å². The average molecular weight is 433 g/mol. The summed E-state index contributed by atoms with van der Waals surface area (Å²) in [6.07, 6.45) is 0.504. The lowest BCUT2D eigenvalue weighted by molar-refractivity contribution is -0.140. The van der Waals surface area contributed by atoms with Crippen molar-refractivity contribution in [2.45, 2.75) is 39.3 Å². The molecule has 1 N–H and O–H groups in total. The van der Waals surface area contributed by atoms with E-state index in [1.54, 1.807) is 17.0 Å². The largest absolute Gasteiger partial charge is 0.355 e. The van der Waals surface area contributed by atoms with Crippen LogP contribution in [-0.2, 0) is 29.0 Å². The highest BCUT2D eigenvalue weighted by Gasteiger charge is 2.30. The standard InChI is InChI=1S/C27H29FN2O2/c1-3-29-27(32)25(17-21-9-5-4-6-10-21)30(19-23-11-7-8-20(2)16-23)26(31)18-22-12-14-24(28)15-13-22/h4-16,25H,3,17-19H2,1-2H3,(H,29,32)/t25-/m1/s1. The Balaban J connectivity index is 1.94. The highest BCUT2D eigenvalue weighted by atomic mass is 19.1. The smallest absolute Gasteiger partial charge is 0.243 e. The molecule has 0 saturated carbocycles. The van der Waals surface area contributed by atoms with Gasteiger partial charge in [0, 0.05) is 19.5 Å². The molecule has 3 aromatic carbocycles. The second-order valence-electron chi connectivity index (χ2n) is 7.91. The fourth-order valence-electron chi connectivity index (χ4n) is 3.73. The Hall–Kier alpha value is -3.47. The van der Waals surface area contributed by atoms with E-state index in [0.717, 1.165) is 16.7 Å². The number of likely N-dealkylation sites (N-methyl/N-ethyl adjacent to an activating group) is 1. The Morgan fingerprint density at radius 3 is 2.25 bits per heavy atom.